The van der Waals surface area contributed by atoms with Gasteiger partial charge in [0.05, 0.1) is 29.2 Å². The molecule has 2 aromatic carbocycles. The summed E-state index contributed by atoms with van der Waals surface area (Å²) in [5.41, 5.74) is 2.38. The van der Waals surface area contributed by atoms with Crippen molar-refractivity contribution in [3.8, 4) is 11.4 Å². The molecule has 0 saturated carbocycles. The summed E-state index contributed by atoms with van der Waals surface area (Å²) in [6.45, 7) is 4.16. The molecule has 0 bridgehead atoms. The van der Waals surface area contributed by atoms with Crippen molar-refractivity contribution in [3.05, 3.63) is 77.6 Å². The first-order valence-electron chi connectivity index (χ1n) is 9.08. The zero-order chi connectivity index (χ0) is 20.1. The van der Waals surface area contributed by atoms with Crippen LogP contribution in [0, 0.1) is 13.8 Å². The second-order valence-corrected chi connectivity index (χ2v) is 6.51. The topological polar surface area (TPSA) is 64.4 Å². The van der Waals surface area contributed by atoms with Gasteiger partial charge >= 0.3 is 0 Å². The molecule has 3 rings (SSSR count). The number of carbonyl (C=O) groups excluding carboxylic acids is 2. The van der Waals surface area contributed by atoms with Crippen molar-refractivity contribution in [3.63, 3.8) is 0 Å². The third-order valence-electron chi connectivity index (χ3n) is 4.50. The summed E-state index contributed by atoms with van der Waals surface area (Å²) in [7, 11) is 1.60. The summed E-state index contributed by atoms with van der Waals surface area (Å²) in [6.07, 6.45) is 0. The lowest BCUT2D eigenvalue weighted by Gasteiger charge is -2.16. The molecule has 0 unspecified atom stereocenters. The van der Waals surface area contributed by atoms with Crippen LogP contribution >= 0.6 is 0 Å². The number of amides is 1. The van der Waals surface area contributed by atoms with Crippen molar-refractivity contribution in [2.75, 3.05) is 20.2 Å². The summed E-state index contributed by atoms with van der Waals surface area (Å²) in [5, 5.41) is 4.45. The van der Waals surface area contributed by atoms with Crippen LogP contribution in [-0.2, 0) is 4.79 Å². The number of Topliss-reactive ketones (excluding diaryl/α,β-unsaturated/α-hetero) is 1. The first kappa shape index (κ1) is 19.4. The fourth-order valence-electron chi connectivity index (χ4n) is 2.99. The smallest absolute Gasteiger partial charge is 0.294 e. The summed E-state index contributed by atoms with van der Waals surface area (Å²) >= 11 is 0. The van der Waals surface area contributed by atoms with E-state index in [1.165, 1.54) is 4.90 Å². The van der Waals surface area contributed by atoms with Gasteiger partial charge in [-0.25, -0.2) is 4.68 Å². The van der Waals surface area contributed by atoms with Crippen LogP contribution in [0.5, 0.6) is 5.75 Å². The van der Waals surface area contributed by atoms with E-state index in [9.17, 15) is 9.59 Å². The van der Waals surface area contributed by atoms with Crippen molar-refractivity contribution >= 4 is 11.7 Å². The van der Waals surface area contributed by atoms with Gasteiger partial charge in [-0.2, -0.15) is 5.10 Å². The fraction of sp³-hybridized carbons (Fsp3) is 0.227. The average molecular weight is 377 g/mol. The monoisotopic (exact) mass is 377 g/mol. The molecule has 28 heavy (non-hydrogen) atoms. The highest BCUT2D eigenvalue weighted by molar-refractivity contribution is 6.43. The predicted molar refractivity (Wildman–Crippen MR) is 107 cm³/mol. The van der Waals surface area contributed by atoms with Crippen molar-refractivity contribution in [2.45, 2.75) is 13.8 Å². The zero-order valence-electron chi connectivity index (χ0n) is 16.3. The minimum atomic E-state index is -0.574. The first-order chi connectivity index (χ1) is 13.5. The van der Waals surface area contributed by atoms with E-state index in [-0.39, 0.29) is 0 Å². The van der Waals surface area contributed by atoms with Crippen LogP contribution in [0.2, 0.25) is 0 Å². The lowest BCUT2D eigenvalue weighted by molar-refractivity contribution is -0.125. The van der Waals surface area contributed by atoms with Gasteiger partial charge in [0.2, 0.25) is 0 Å². The number of aryl methyl sites for hydroxylation is 1. The molecule has 0 atom stereocenters. The second-order valence-electron chi connectivity index (χ2n) is 6.51. The number of carbonyl (C=O) groups is 2. The molecule has 0 radical (unpaired) electrons. The van der Waals surface area contributed by atoms with E-state index >= 15 is 0 Å². The van der Waals surface area contributed by atoms with E-state index in [0.717, 1.165) is 11.4 Å². The first-order valence-corrected chi connectivity index (χ1v) is 9.08. The van der Waals surface area contributed by atoms with Crippen LogP contribution in [0.4, 0.5) is 0 Å². The average Bonchev–Trinajstić information content (AvgIpc) is 3.02. The lowest BCUT2D eigenvalue weighted by atomic mass is 10.1. The lowest BCUT2D eigenvalue weighted by Crippen LogP contribution is -2.36. The number of hydrogen-bond donors (Lipinski definition) is 0. The Hall–Kier alpha value is -3.41. The van der Waals surface area contributed by atoms with Gasteiger partial charge in [0.15, 0.2) is 0 Å². The molecule has 0 saturated heterocycles. The van der Waals surface area contributed by atoms with Gasteiger partial charge in [-0.05, 0) is 38.1 Å². The normalized spacial score (nSPS) is 10.5. The van der Waals surface area contributed by atoms with E-state index in [4.69, 9.17) is 4.74 Å². The predicted octanol–water partition coefficient (Wildman–Crippen LogP) is 3.21. The molecule has 1 amide bonds. The van der Waals surface area contributed by atoms with Crippen molar-refractivity contribution < 1.29 is 14.3 Å². The fourth-order valence-corrected chi connectivity index (χ4v) is 2.99. The number of ketones is 1. The molecular weight excluding hydrogens is 354 g/mol. The number of ether oxygens (including phenoxy) is 1. The summed E-state index contributed by atoms with van der Waals surface area (Å²) in [5.74, 6) is -0.402. The minimum Gasteiger partial charge on any atom is -0.492 e. The van der Waals surface area contributed by atoms with Crippen LogP contribution in [0.3, 0.4) is 0 Å². The van der Waals surface area contributed by atoms with Gasteiger partial charge in [-0.1, -0.05) is 36.4 Å². The van der Waals surface area contributed by atoms with Crippen LogP contribution in [0.25, 0.3) is 5.69 Å². The molecule has 0 N–H and O–H groups in total. The quantitative estimate of drug-likeness (QED) is 0.468. The Bertz CT molecular complexity index is 965. The number of hydrogen-bond acceptors (Lipinski definition) is 4. The summed E-state index contributed by atoms with van der Waals surface area (Å²) < 4.78 is 7.29. The Morgan fingerprint density at radius 1 is 1.00 bits per heavy atom. The van der Waals surface area contributed by atoms with Gasteiger partial charge < -0.3 is 9.64 Å². The van der Waals surface area contributed by atoms with E-state index in [1.807, 2.05) is 60.7 Å². The van der Waals surface area contributed by atoms with Crippen molar-refractivity contribution in [2.24, 2.45) is 0 Å². The highest BCUT2D eigenvalue weighted by atomic mass is 16.5. The molecule has 6 heteroatoms. The number of likely N-dealkylation sites (N-methyl/N-ethyl adjacent to an activating group) is 1. The van der Waals surface area contributed by atoms with Crippen LogP contribution in [0.15, 0.2) is 60.7 Å². The van der Waals surface area contributed by atoms with Crippen molar-refractivity contribution in [1.82, 2.24) is 14.7 Å². The number of nitrogens with zero attached hydrogens (tertiary/aromatic N) is 3. The third kappa shape index (κ3) is 4.11. The Labute approximate surface area is 164 Å². The van der Waals surface area contributed by atoms with Crippen LogP contribution in [-0.4, -0.2) is 46.6 Å². The molecule has 1 aromatic heterocycles. The molecule has 0 spiro atoms. The second kappa shape index (κ2) is 8.52. The van der Waals surface area contributed by atoms with Crippen LogP contribution in [0.1, 0.15) is 21.7 Å². The van der Waals surface area contributed by atoms with Gasteiger partial charge in [0, 0.05) is 7.05 Å². The Kier molecular flexibility index (Phi) is 5.89. The van der Waals surface area contributed by atoms with E-state index < -0.39 is 11.7 Å². The number of aromatic nitrogens is 2. The summed E-state index contributed by atoms with van der Waals surface area (Å²) in [6, 6.07) is 18.9. The molecule has 0 aliphatic heterocycles. The SMILES string of the molecule is Cc1nn(-c2ccccc2)c(C)c1C(=O)C(=O)N(C)CCOc1ccccc1. The summed E-state index contributed by atoms with van der Waals surface area (Å²) in [4.78, 5) is 26.8. The largest absolute Gasteiger partial charge is 0.492 e. The van der Waals surface area contributed by atoms with Gasteiger partial charge in [-0.15, -0.1) is 0 Å². The molecule has 0 aliphatic carbocycles. The maximum absolute atomic E-state index is 12.8. The maximum atomic E-state index is 12.8. The van der Waals surface area contributed by atoms with E-state index in [1.54, 1.807) is 25.6 Å². The highest BCUT2D eigenvalue weighted by Gasteiger charge is 2.27. The molecule has 6 nitrogen and oxygen atoms in total. The highest BCUT2D eigenvalue weighted by Crippen LogP contribution is 2.19. The molecule has 0 aliphatic rings. The minimum absolute atomic E-state index is 0.306. The van der Waals surface area contributed by atoms with Gasteiger partial charge in [0.25, 0.3) is 11.7 Å². The standard InChI is InChI=1S/C22H23N3O3/c1-16-20(17(2)25(23-16)18-10-6-4-7-11-18)21(26)22(27)24(3)14-15-28-19-12-8-5-9-13-19/h4-13H,14-15H2,1-3H3. The Morgan fingerprint density at radius 3 is 2.25 bits per heavy atom. The Balaban J connectivity index is 1.69. The molecule has 3 aromatic rings. The molecule has 1 heterocycles. The molecule has 144 valence electrons. The third-order valence-corrected chi connectivity index (χ3v) is 4.50. The number of para-hydroxylation sites is 2. The maximum Gasteiger partial charge on any atom is 0.294 e. The van der Waals surface area contributed by atoms with Gasteiger partial charge in [0.1, 0.15) is 12.4 Å². The zero-order valence-corrected chi connectivity index (χ0v) is 16.3. The molecule has 0 fully saturated rings. The number of rotatable bonds is 7. The number of benzene rings is 2. The van der Waals surface area contributed by atoms with Crippen LogP contribution < -0.4 is 4.74 Å². The van der Waals surface area contributed by atoms with E-state index in [2.05, 4.69) is 5.10 Å². The van der Waals surface area contributed by atoms with E-state index in [0.29, 0.717) is 30.1 Å². The Morgan fingerprint density at radius 2 is 1.61 bits per heavy atom. The van der Waals surface area contributed by atoms with Crippen molar-refractivity contribution in [1.29, 1.82) is 0 Å². The van der Waals surface area contributed by atoms with Gasteiger partial charge in [-0.3, -0.25) is 9.59 Å². The molecular formula is C22H23N3O3.